The van der Waals surface area contributed by atoms with Crippen molar-refractivity contribution in [1.29, 1.82) is 0 Å². The van der Waals surface area contributed by atoms with Gasteiger partial charge in [-0.25, -0.2) is 9.97 Å². The fourth-order valence-corrected chi connectivity index (χ4v) is 3.37. The molecule has 0 spiro atoms. The van der Waals surface area contributed by atoms with Crippen LogP contribution in [-0.2, 0) is 6.18 Å². The zero-order chi connectivity index (χ0) is 23.8. The van der Waals surface area contributed by atoms with Gasteiger partial charge >= 0.3 is 6.18 Å². The molecular weight excluding hydrogens is 435 g/mol. The summed E-state index contributed by atoms with van der Waals surface area (Å²) < 4.78 is 38.7. The number of amides is 1. The molecule has 3 heterocycles. The largest absolute Gasteiger partial charge is 0.433 e. The van der Waals surface area contributed by atoms with E-state index in [2.05, 4.69) is 35.8 Å². The van der Waals surface area contributed by atoms with Crippen LogP contribution in [-0.4, -0.2) is 31.1 Å². The average Bonchev–Trinajstić information content (AvgIpc) is 3.13. The first-order chi connectivity index (χ1) is 15.6. The molecule has 0 saturated heterocycles. The van der Waals surface area contributed by atoms with Gasteiger partial charge in [0, 0.05) is 11.9 Å². The van der Waals surface area contributed by atoms with Crippen molar-refractivity contribution >= 4 is 28.6 Å². The second-order valence-corrected chi connectivity index (χ2v) is 7.61. The number of carbonyl (C=O) groups is 1. The fourth-order valence-electron chi connectivity index (χ4n) is 3.37. The number of hydrogen-bond acceptors (Lipinski definition) is 6. The van der Waals surface area contributed by atoms with Gasteiger partial charge in [0.1, 0.15) is 17.0 Å². The number of rotatable bonds is 5. The van der Waals surface area contributed by atoms with E-state index < -0.39 is 17.8 Å². The number of nitrogens with one attached hydrogen (secondary N) is 3. The molecule has 8 nitrogen and oxygen atoms in total. The quantitative estimate of drug-likeness (QED) is 0.399. The third-order valence-corrected chi connectivity index (χ3v) is 5.06. The minimum absolute atomic E-state index is 0.0381. The van der Waals surface area contributed by atoms with Crippen molar-refractivity contribution in [3.63, 3.8) is 0 Å². The van der Waals surface area contributed by atoms with Crippen molar-refractivity contribution in [3.05, 3.63) is 70.8 Å². The van der Waals surface area contributed by atoms with E-state index in [9.17, 15) is 18.0 Å². The molecule has 0 radical (unpaired) electrons. The highest BCUT2D eigenvalue weighted by Gasteiger charge is 2.34. The minimum Gasteiger partial charge on any atom is -0.362 e. The number of halogens is 3. The van der Waals surface area contributed by atoms with E-state index in [1.807, 2.05) is 19.9 Å². The Balaban J connectivity index is 1.48. The summed E-state index contributed by atoms with van der Waals surface area (Å²) in [6.07, 6.45) is -2.06. The second-order valence-electron chi connectivity index (χ2n) is 7.61. The lowest BCUT2D eigenvalue weighted by molar-refractivity contribution is -0.141. The number of hydrogen-bond donors (Lipinski definition) is 3. The first kappa shape index (κ1) is 22.2. The number of pyridine rings is 1. The van der Waals surface area contributed by atoms with E-state index in [4.69, 9.17) is 0 Å². The summed E-state index contributed by atoms with van der Waals surface area (Å²) in [5.74, 6) is 0.0177. The number of fused-ring (bicyclic) bond motifs is 1. The predicted molar refractivity (Wildman–Crippen MR) is 117 cm³/mol. The Labute approximate surface area is 186 Å². The van der Waals surface area contributed by atoms with Crippen LogP contribution in [0, 0.1) is 13.8 Å². The lowest BCUT2D eigenvalue weighted by Gasteiger charge is -2.16. The molecule has 0 aliphatic rings. The molecule has 0 saturated carbocycles. The highest BCUT2D eigenvalue weighted by Crippen LogP contribution is 2.30. The maximum absolute atomic E-state index is 12.9. The number of alkyl halides is 3. The van der Waals surface area contributed by atoms with Gasteiger partial charge in [-0.05, 0) is 50.1 Å². The molecule has 0 fully saturated rings. The van der Waals surface area contributed by atoms with Gasteiger partial charge in [-0.2, -0.15) is 18.3 Å². The van der Waals surface area contributed by atoms with Crippen molar-refractivity contribution < 1.29 is 18.0 Å². The van der Waals surface area contributed by atoms with E-state index in [-0.39, 0.29) is 17.2 Å². The number of aromatic amines is 1. The molecule has 0 aliphatic carbocycles. The molecule has 0 aliphatic heterocycles. The van der Waals surface area contributed by atoms with Crippen LogP contribution < -0.4 is 10.6 Å². The van der Waals surface area contributed by atoms with Crippen LogP contribution >= 0.6 is 0 Å². The van der Waals surface area contributed by atoms with Crippen molar-refractivity contribution in [2.45, 2.75) is 33.0 Å². The molecule has 3 aromatic heterocycles. The number of carbonyl (C=O) groups excluding carboxylic acids is 1. The second kappa shape index (κ2) is 8.49. The van der Waals surface area contributed by atoms with Gasteiger partial charge in [-0.15, -0.1) is 0 Å². The number of H-pyrrole nitrogens is 1. The first-order valence-electron chi connectivity index (χ1n) is 10.0. The lowest BCUT2D eigenvalue weighted by Crippen LogP contribution is -2.16. The van der Waals surface area contributed by atoms with Crippen molar-refractivity contribution in [3.8, 4) is 0 Å². The van der Waals surface area contributed by atoms with E-state index in [1.54, 1.807) is 24.4 Å². The Bertz CT molecular complexity index is 1330. The van der Waals surface area contributed by atoms with Crippen LogP contribution in [0.25, 0.3) is 11.2 Å². The van der Waals surface area contributed by atoms with Crippen molar-refractivity contribution in [2.75, 3.05) is 10.6 Å². The van der Waals surface area contributed by atoms with E-state index in [0.717, 1.165) is 17.5 Å². The summed E-state index contributed by atoms with van der Waals surface area (Å²) in [4.78, 5) is 24.8. The van der Waals surface area contributed by atoms with Crippen molar-refractivity contribution in [2.24, 2.45) is 0 Å². The fraction of sp³-hybridized carbons (Fsp3) is 0.227. The van der Waals surface area contributed by atoms with E-state index >= 15 is 0 Å². The maximum atomic E-state index is 12.9. The molecule has 4 aromatic rings. The molecule has 1 atom stereocenters. The smallest absolute Gasteiger partial charge is 0.362 e. The van der Waals surface area contributed by atoms with Gasteiger partial charge < -0.3 is 10.6 Å². The summed E-state index contributed by atoms with van der Waals surface area (Å²) in [6.45, 7) is 5.06. The van der Waals surface area contributed by atoms with Crippen LogP contribution in [0.4, 0.5) is 24.7 Å². The molecule has 3 N–H and O–H groups in total. The molecule has 1 amide bonds. The number of aryl methyl sites for hydroxylation is 2. The summed E-state index contributed by atoms with van der Waals surface area (Å²) in [7, 11) is 0. The van der Waals surface area contributed by atoms with Crippen LogP contribution in [0.5, 0.6) is 0 Å². The summed E-state index contributed by atoms with van der Waals surface area (Å²) in [5.41, 5.74) is 2.29. The average molecular weight is 455 g/mol. The highest BCUT2D eigenvalue weighted by molar-refractivity contribution is 6.04. The zero-order valence-corrected chi connectivity index (χ0v) is 17.9. The Kier molecular flexibility index (Phi) is 5.71. The number of nitrogens with zero attached hydrogens (tertiary/aromatic N) is 4. The van der Waals surface area contributed by atoms with Gasteiger partial charge in [0.25, 0.3) is 5.91 Å². The predicted octanol–water partition coefficient (Wildman–Crippen LogP) is 4.81. The summed E-state index contributed by atoms with van der Waals surface area (Å²) >= 11 is 0. The molecule has 0 bridgehead atoms. The van der Waals surface area contributed by atoms with Gasteiger partial charge in [0.05, 0.1) is 23.5 Å². The number of aromatic nitrogens is 5. The molecule has 1 aromatic carbocycles. The van der Waals surface area contributed by atoms with E-state index in [1.165, 1.54) is 13.0 Å². The van der Waals surface area contributed by atoms with Crippen LogP contribution in [0.3, 0.4) is 0 Å². The minimum atomic E-state index is -4.57. The SMILES string of the molecule is Cc1cc(C(=O)Nc2cccc([C@H](C)Nc3cnc4n[nH]c(C)c4n3)c2)cnc1C(F)(F)F. The Morgan fingerprint density at radius 1 is 1.12 bits per heavy atom. The Morgan fingerprint density at radius 3 is 2.64 bits per heavy atom. The topological polar surface area (TPSA) is 108 Å². The standard InChI is InChI=1S/C22H20F3N7O/c1-11-7-15(9-26-19(11)22(23,24)25)21(33)29-16-6-4-5-14(8-16)12(2)28-17-10-27-20-18(30-17)13(3)31-32-20/h4-10,12H,1-3H3,(H,28,30)(H,29,33)(H,27,31,32)/t12-/m0/s1. The Morgan fingerprint density at radius 2 is 1.91 bits per heavy atom. The molecule has 33 heavy (non-hydrogen) atoms. The van der Waals surface area contributed by atoms with Crippen LogP contribution in [0.15, 0.2) is 42.7 Å². The van der Waals surface area contributed by atoms with Gasteiger partial charge in [0.15, 0.2) is 5.65 Å². The number of benzene rings is 1. The molecular formula is C22H20F3N7O. The molecule has 0 unspecified atom stereocenters. The van der Waals surface area contributed by atoms with Crippen LogP contribution in [0.1, 0.15) is 45.8 Å². The first-order valence-corrected chi connectivity index (χ1v) is 10.0. The lowest BCUT2D eigenvalue weighted by atomic mass is 10.1. The number of anilines is 2. The van der Waals surface area contributed by atoms with Gasteiger partial charge in [-0.3, -0.25) is 14.9 Å². The van der Waals surface area contributed by atoms with E-state index in [0.29, 0.717) is 22.7 Å². The summed E-state index contributed by atoms with van der Waals surface area (Å²) in [6, 6.07) is 8.12. The normalized spacial score (nSPS) is 12.5. The summed E-state index contributed by atoms with van der Waals surface area (Å²) in [5, 5.41) is 12.9. The molecule has 4 rings (SSSR count). The monoisotopic (exact) mass is 455 g/mol. The van der Waals surface area contributed by atoms with Gasteiger partial charge in [-0.1, -0.05) is 12.1 Å². The van der Waals surface area contributed by atoms with Crippen molar-refractivity contribution in [1.82, 2.24) is 25.1 Å². The third kappa shape index (κ3) is 4.76. The van der Waals surface area contributed by atoms with Gasteiger partial charge in [0.2, 0.25) is 0 Å². The highest BCUT2D eigenvalue weighted by atomic mass is 19.4. The molecule has 170 valence electrons. The zero-order valence-electron chi connectivity index (χ0n) is 17.9. The van der Waals surface area contributed by atoms with Crippen LogP contribution in [0.2, 0.25) is 0 Å². The molecule has 11 heteroatoms. The third-order valence-electron chi connectivity index (χ3n) is 5.06. The maximum Gasteiger partial charge on any atom is 0.433 e. The Hall–Kier alpha value is -4.02.